The summed E-state index contributed by atoms with van der Waals surface area (Å²) in [7, 11) is 1.89. The van der Waals surface area contributed by atoms with Crippen LogP contribution in [0.1, 0.15) is 31.2 Å². The Balaban J connectivity index is 1.48. The second kappa shape index (κ2) is 6.27. The predicted octanol–water partition coefficient (Wildman–Crippen LogP) is 3.33. The van der Waals surface area contributed by atoms with Crippen molar-refractivity contribution >= 4 is 17.6 Å². The molecule has 0 radical (unpaired) electrons. The van der Waals surface area contributed by atoms with Crippen LogP contribution in [0.15, 0.2) is 29.3 Å². The number of benzene rings is 1. The summed E-state index contributed by atoms with van der Waals surface area (Å²) < 4.78 is 0. The molecular weight excluding hydrogens is 282 g/mol. The zero-order chi connectivity index (χ0) is 14.7. The van der Waals surface area contributed by atoms with Crippen LogP contribution in [0, 0.1) is 5.41 Å². The van der Waals surface area contributed by atoms with E-state index in [0.29, 0.717) is 5.41 Å². The molecule has 2 fully saturated rings. The summed E-state index contributed by atoms with van der Waals surface area (Å²) in [4.78, 5) is 6.88. The van der Waals surface area contributed by atoms with E-state index in [1.165, 1.54) is 37.8 Å². The number of guanidine groups is 1. The van der Waals surface area contributed by atoms with E-state index in [-0.39, 0.29) is 0 Å². The molecule has 3 rings (SSSR count). The molecule has 0 amide bonds. The zero-order valence-corrected chi connectivity index (χ0v) is 13.5. The Morgan fingerprint density at radius 1 is 1.29 bits per heavy atom. The van der Waals surface area contributed by atoms with E-state index in [0.717, 1.165) is 30.5 Å². The van der Waals surface area contributed by atoms with Gasteiger partial charge in [0.25, 0.3) is 0 Å². The van der Waals surface area contributed by atoms with E-state index in [4.69, 9.17) is 11.6 Å². The fraction of sp³-hybridized carbons (Fsp3) is 0.588. The number of halogens is 1. The average molecular weight is 306 g/mol. The monoisotopic (exact) mass is 305 g/mol. The van der Waals surface area contributed by atoms with Gasteiger partial charge in [0.1, 0.15) is 0 Å². The maximum absolute atomic E-state index is 5.91. The number of likely N-dealkylation sites (tertiary alicyclic amines) is 1. The lowest BCUT2D eigenvalue weighted by Gasteiger charge is -2.38. The van der Waals surface area contributed by atoms with E-state index >= 15 is 0 Å². The van der Waals surface area contributed by atoms with E-state index < -0.39 is 0 Å². The van der Waals surface area contributed by atoms with Gasteiger partial charge in [-0.25, -0.2) is 0 Å². The quantitative estimate of drug-likeness (QED) is 0.685. The van der Waals surface area contributed by atoms with E-state index in [1.807, 2.05) is 19.2 Å². The summed E-state index contributed by atoms with van der Waals surface area (Å²) >= 11 is 5.91. The van der Waals surface area contributed by atoms with Crippen LogP contribution >= 0.6 is 11.6 Å². The van der Waals surface area contributed by atoms with Crippen molar-refractivity contribution < 1.29 is 0 Å². The van der Waals surface area contributed by atoms with Crippen LogP contribution in [0.2, 0.25) is 5.02 Å². The van der Waals surface area contributed by atoms with Crippen LogP contribution in [0.25, 0.3) is 0 Å². The van der Waals surface area contributed by atoms with Gasteiger partial charge in [0, 0.05) is 31.7 Å². The molecular formula is C17H24ClN3. The molecule has 4 heteroatoms. The summed E-state index contributed by atoms with van der Waals surface area (Å²) in [6.45, 7) is 3.26. The van der Waals surface area contributed by atoms with E-state index in [9.17, 15) is 0 Å². The van der Waals surface area contributed by atoms with Crippen LogP contribution in [-0.4, -0.2) is 37.5 Å². The highest BCUT2D eigenvalue weighted by atomic mass is 35.5. The van der Waals surface area contributed by atoms with Gasteiger partial charge in [0.05, 0.1) is 0 Å². The Kier molecular flexibility index (Phi) is 4.39. The first-order valence-electron chi connectivity index (χ1n) is 7.91. The molecule has 0 atom stereocenters. The molecule has 1 spiro atoms. The second-order valence-corrected chi connectivity index (χ2v) is 6.81. The van der Waals surface area contributed by atoms with Crippen LogP contribution in [0.5, 0.6) is 0 Å². The predicted molar refractivity (Wildman–Crippen MR) is 89.0 cm³/mol. The molecule has 114 valence electrons. The smallest absolute Gasteiger partial charge is 0.193 e. The highest BCUT2D eigenvalue weighted by Gasteiger charge is 2.43. The van der Waals surface area contributed by atoms with Crippen molar-refractivity contribution in [1.29, 1.82) is 0 Å². The van der Waals surface area contributed by atoms with Crippen molar-refractivity contribution in [2.75, 3.05) is 26.7 Å². The van der Waals surface area contributed by atoms with Crippen molar-refractivity contribution in [2.45, 2.75) is 32.1 Å². The molecule has 1 N–H and O–H groups in total. The number of nitrogens with one attached hydrogen (secondary N) is 1. The van der Waals surface area contributed by atoms with Gasteiger partial charge < -0.3 is 10.2 Å². The molecule has 1 aromatic carbocycles. The first-order chi connectivity index (χ1) is 10.2. The van der Waals surface area contributed by atoms with Crippen molar-refractivity contribution in [3.63, 3.8) is 0 Å². The molecule has 2 aliphatic rings. The minimum atomic E-state index is 0.619. The maximum atomic E-state index is 5.91. The largest absolute Gasteiger partial charge is 0.356 e. The molecule has 21 heavy (non-hydrogen) atoms. The third-order valence-electron chi connectivity index (χ3n) is 4.97. The highest BCUT2D eigenvalue weighted by Crippen LogP contribution is 2.47. The normalized spacial score (nSPS) is 20.7. The summed E-state index contributed by atoms with van der Waals surface area (Å²) in [5, 5.41) is 4.30. The van der Waals surface area contributed by atoms with Crippen LogP contribution < -0.4 is 5.32 Å². The molecule has 0 bridgehead atoms. The molecule has 1 aromatic rings. The van der Waals surface area contributed by atoms with Crippen molar-refractivity contribution in [1.82, 2.24) is 10.2 Å². The third kappa shape index (κ3) is 3.34. The van der Waals surface area contributed by atoms with E-state index in [1.54, 1.807) is 0 Å². The number of aliphatic imine (C=N–C) groups is 1. The minimum absolute atomic E-state index is 0.619. The number of nitrogens with zero attached hydrogens (tertiary/aromatic N) is 2. The molecule has 1 aliphatic carbocycles. The molecule has 1 heterocycles. The van der Waals surface area contributed by atoms with E-state index in [2.05, 4.69) is 27.3 Å². The van der Waals surface area contributed by atoms with Gasteiger partial charge >= 0.3 is 0 Å². The fourth-order valence-corrected chi connectivity index (χ4v) is 3.63. The lowest BCUT2D eigenvalue weighted by atomic mass is 9.68. The Morgan fingerprint density at radius 2 is 2.05 bits per heavy atom. The van der Waals surface area contributed by atoms with Gasteiger partial charge in [-0.2, -0.15) is 0 Å². The van der Waals surface area contributed by atoms with Crippen molar-refractivity contribution in [3.05, 3.63) is 34.9 Å². The SMILES string of the molecule is CN=C(NCCc1ccc(Cl)cc1)N1CCC2(CCC2)C1. The van der Waals surface area contributed by atoms with Gasteiger partial charge in [0.15, 0.2) is 5.96 Å². The first-order valence-corrected chi connectivity index (χ1v) is 8.29. The maximum Gasteiger partial charge on any atom is 0.193 e. The standard InChI is InChI=1S/C17H24ClN3/c1-19-16(21-12-10-17(13-21)8-2-9-17)20-11-7-14-3-5-15(18)6-4-14/h3-6H,2,7-13H2,1H3,(H,19,20). The van der Waals surface area contributed by atoms with Gasteiger partial charge in [-0.1, -0.05) is 30.2 Å². The fourth-order valence-electron chi connectivity index (χ4n) is 3.50. The highest BCUT2D eigenvalue weighted by molar-refractivity contribution is 6.30. The van der Waals surface area contributed by atoms with Crippen molar-refractivity contribution in [3.8, 4) is 0 Å². The molecule has 1 saturated heterocycles. The molecule has 1 saturated carbocycles. The number of rotatable bonds is 3. The Labute approximate surface area is 132 Å². The van der Waals surface area contributed by atoms with Gasteiger partial charge in [-0.15, -0.1) is 0 Å². The van der Waals surface area contributed by atoms with Gasteiger partial charge in [-0.05, 0) is 48.8 Å². The van der Waals surface area contributed by atoms with Crippen molar-refractivity contribution in [2.24, 2.45) is 10.4 Å². The summed E-state index contributed by atoms with van der Waals surface area (Å²) in [5.41, 5.74) is 1.92. The minimum Gasteiger partial charge on any atom is -0.356 e. The molecule has 1 aliphatic heterocycles. The molecule has 0 aromatic heterocycles. The van der Waals surface area contributed by atoms with Gasteiger partial charge in [-0.3, -0.25) is 4.99 Å². The Morgan fingerprint density at radius 3 is 2.62 bits per heavy atom. The summed E-state index contributed by atoms with van der Waals surface area (Å²) in [6, 6.07) is 8.08. The third-order valence-corrected chi connectivity index (χ3v) is 5.23. The first kappa shape index (κ1) is 14.7. The molecule has 3 nitrogen and oxygen atoms in total. The average Bonchev–Trinajstić information content (AvgIpc) is 2.91. The topological polar surface area (TPSA) is 27.6 Å². The number of hydrogen-bond donors (Lipinski definition) is 1. The summed E-state index contributed by atoms with van der Waals surface area (Å²) in [5.74, 6) is 1.06. The second-order valence-electron chi connectivity index (χ2n) is 6.38. The van der Waals surface area contributed by atoms with Crippen LogP contribution in [-0.2, 0) is 6.42 Å². The lowest BCUT2D eigenvalue weighted by Crippen LogP contribution is -2.43. The zero-order valence-electron chi connectivity index (χ0n) is 12.7. The van der Waals surface area contributed by atoms with Crippen LogP contribution in [0.4, 0.5) is 0 Å². The Bertz CT molecular complexity index is 505. The summed E-state index contributed by atoms with van der Waals surface area (Å²) in [6.07, 6.45) is 6.56. The van der Waals surface area contributed by atoms with Crippen LogP contribution in [0.3, 0.4) is 0 Å². The Hall–Kier alpha value is -1.22. The van der Waals surface area contributed by atoms with Gasteiger partial charge in [0.2, 0.25) is 0 Å². The number of hydrogen-bond acceptors (Lipinski definition) is 1. The lowest BCUT2D eigenvalue weighted by molar-refractivity contribution is 0.151. The molecule has 0 unspecified atom stereocenters.